The zero-order chi connectivity index (χ0) is 22.4. The van der Waals surface area contributed by atoms with Crippen molar-refractivity contribution in [1.82, 2.24) is 14.7 Å². The fourth-order valence-corrected chi connectivity index (χ4v) is 4.61. The molecule has 5 nitrogen and oxygen atoms in total. The van der Waals surface area contributed by atoms with Crippen LogP contribution in [0.1, 0.15) is 41.3 Å². The number of carbonyl (C=O) groups is 2. The average Bonchev–Trinajstić information content (AvgIpc) is 2.78. The second-order valence-corrected chi connectivity index (χ2v) is 9.55. The Balaban J connectivity index is 1.56. The van der Waals surface area contributed by atoms with Crippen LogP contribution in [0.5, 0.6) is 0 Å². The fourth-order valence-electron chi connectivity index (χ4n) is 3.58. The molecule has 0 radical (unpaired) electrons. The molecule has 2 amide bonds. The first-order chi connectivity index (χ1) is 14.8. The normalized spacial score (nSPS) is 14.7. The minimum absolute atomic E-state index is 0.0438. The maximum Gasteiger partial charge on any atom is 0.255 e. The summed E-state index contributed by atoms with van der Waals surface area (Å²) in [4.78, 5) is 31.9. The Hall–Kier alpha value is -2.31. The lowest BCUT2D eigenvalue weighted by Crippen LogP contribution is -2.48. The Bertz CT molecular complexity index is 888. The van der Waals surface area contributed by atoms with Gasteiger partial charge in [0.2, 0.25) is 5.91 Å². The Morgan fingerprint density at radius 2 is 1.61 bits per heavy atom. The first kappa shape index (κ1) is 23.4. The maximum atomic E-state index is 13.2. The topological polar surface area (TPSA) is 43.9 Å². The third-order valence-electron chi connectivity index (χ3n) is 5.68. The van der Waals surface area contributed by atoms with Crippen molar-refractivity contribution in [2.24, 2.45) is 0 Å². The van der Waals surface area contributed by atoms with Crippen LogP contribution in [-0.2, 0) is 11.3 Å². The van der Waals surface area contributed by atoms with Crippen molar-refractivity contribution >= 4 is 23.6 Å². The van der Waals surface area contributed by atoms with Crippen LogP contribution in [0, 0.1) is 0 Å². The number of amides is 2. The molecule has 1 aliphatic rings. The van der Waals surface area contributed by atoms with Crippen molar-refractivity contribution < 1.29 is 9.59 Å². The van der Waals surface area contributed by atoms with E-state index in [4.69, 9.17) is 0 Å². The highest BCUT2D eigenvalue weighted by atomic mass is 32.2. The summed E-state index contributed by atoms with van der Waals surface area (Å²) in [6.45, 7) is 8.51. The van der Waals surface area contributed by atoms with Crippen LogP contribution in [0.15, 0.2) is 53.4 Å². The molecular formula is C25H33N3O2S. The highest BCUT2D eigenvalue weighted by Gasteiger charge is 2.24. The molecular weight excluding hydrogens is 406 g/mol. The summed E-state index contributed by atoms with van der Waals surface area (Å²) >= 11 is 1.43. The van der Waals surface area contributed by atoms with Gasteiger partial charge in [0, 0.05) is 51.7 Å². The lowest BCUT2D eigenvalue weighted by atomic mass is 10.0. The van der Waals surface area contributed by atoms with Gasteiger partial charge in [-0.2, -0.15) is 0 Å². The summed E-state index contributed by atoms with van der Waals surface area (Å²) < 4.78 is 0. The number of piperazine rings is 1. The molecule has 0 aromatic heterocycles. The molecule has 0 atom stereocenters. The Morgan fingerprint density at radius 1 is 0.968 bits per heavy atom. The van der Waals surface area contributed by atoms with Crippen molar-refractivity contribution in [1.29, 1.82) is 0 Å². The van der Waals surface area contributed by atoms with Crippen LogP contribution in [0.3, 0.4) is 0 Å². The molecule has 1 saturated heterocycles. The van der Waals surface area contributed by atoms with Crippen molar-refractivity contribution in [3.63, 3.8) is 0 Å². The monoisotopic (exact) mass is 439 g/mol. The molecule has 0 saturated carbocycles. The van der Waals surface area contributed by atoms with Gasteiger partial charge in [0.1, 0.15) is 0 Å². The van der Waals surface area contributed by atoms with Gasteiger partial charge in [-0.25, -0.2) is 0 Å². The van der Waals surface area contributed by atoms with E-state index in [1.165, 1.54) is 22.9 Å². The smallest absolute Gasteiger partial charge is 0.255 e. The van der Waals surface area contributed by atoms with Gasteiger partial charge in [0.05, 0.1) is 11.3 Å². The quantitative estimate of drug-likeness (QED) is 0.613. The van der Waals surface area contributed by atoms with Crippen LogP contribution in [-0.4, -0.2) is 72.5 Å². The standard InChI is InChI=1S/C25H33N3O2S/c1-19(2)21-11-9-20(10-12-21)17-27-13-15-28(16-14-27)25(30)22-7-5-6-8-23(22)31-18-24(29)26(3)4/h5-12,19H,13-18H2,1-4H3. The predicted octanol–water partition coefficient (Wildman–Crippen LogP) is 3.95. The minimum Gasteiger partial charge on any atom is -0.348 e. The molecule has 1 aliphatic heterocycles. The Labute approximate surface area is 190 Å². The lowest BCUT2D eigenvalue weighted by molar-refractivity contribution is -0.125. The summed E-state index contributed by atoms with van der Waals surface area (Å²) in [5.74, 6) is 0.981. The van der Waals surface area contributed by atoms with Gasteiger partial charge >= 0.3 is 0 Å². The third kappa shape index (κ3) is 6.34. The van der Waals surface area contributed by atoms with E-state index in [0.717, 1.165) is 37.6 Å². The highest BCUT2D eigenvalue weighted by molar-refractivity contribution is 8.00. The predicted molar refractivity (Wildman–Crippen MR) is 128 cm³/mol. The summed E-state index contributed by atoms with van der Waals surface area (Å²) in [5.41, 5.74) is 3.37. The van der Waals surface area contributed by atoms with Crippen LogP contribution in [0.4, 0.5) is 0 Å². The van der Waals surface area contributed by atoms with Gasteiger partial charge < -0.3 is 9.80 Å². The molecule has 0 N–H and O–H groups in total. The molecule has 6 heteroatoms. The zero-order valence-corrected chi connectivity index (χ0v) is 19.8. The van der Waals surface area contributed by atoms with Crippen LogP contribution in [0.25, 0.3) is 0 Å². The van der Waals surface area contributed by atoms with Crippen molar-refractivity contribution in [3.05, 3.63) is 65.2 Å². The van der Waals surface area contributed by atoms with Gasteiger partial charge in [-0.05, 0) is 29.2 Å². The van der Waals surface area contributed by atoms with E-state index in [9.17, 15) is 9.59 Å². The summed E-state index contributed by atoms with van der Waals surface area (Å²) in [7, 11) is 3.50. The van der Waals surface area contributed by atoms with Gasteiger partial charge in [0.15, 0.2) is 0 Å². The van der Waals surface area contributed by atoms with Gasteiger partial charge in [-0.15, -0.1) is 11.8 Å². The summed E-state index contributed by atoms with van der Waals surface area (Å²) in [6.07, 6.45) is 0. The molecule has 166 valence electrons. The second-order valence-electron chi connectivity index (χ2n) is 8.54. The van der Waals surface area contributed by atoms with Gasteiger partial charge in [-0.3, -0.25) is 14.5 Å². The van der Waals surface area contributed by atoms with E-state index in [0.29, 0.717) is 17.2 Å². The molecule has 0 unspecified atom stereocenters. The number of nitrogens with zero attached hydrogens (tertiary/aromatic N) is 3. The van der Waals surface area contributed by atoms with Crippen molar-refractivity contribution in [2.75, 3.05) is 46.0 Å². The number of benzene rings is 2. The Kier molecular flexibility index (Phi) is 8.15. The number of carbonyl (C=O) groups excluding carboxylic acids is 2. The van der Waals surface area contributed by atoms with Crippen molar-refractivity contribution in [3.8, 4) is 0 Å². The summed E-state index contributed by atoms with van der Waals surface area (Å²) in [5, 5.41) is 0. The van der Waals surface area contributed by atoms with E-state index < -0.39 is 0 Å². The van der Waals surface area contributed by atoms with Gasteiger partial charge in [-0.1, -0.05) is 50.2 Å². The van der Waals surface area contributed by atoms with E-state index in [-0.39, 0.29) is 11.8 Å². The number of rotatable bonds is 7. The molecule has 3 rings (SSSR count). The largest absolute Gasteiger partial charge is 0.348 e. The molecule has 0 aliphatic carbocycles. The molecule has 1 fully saturated rings. The van der Waals surface area contributed by atoms with Crippen molar-refractivity contribution in [2.45, 2.75) is 31.2 Å². The molecule has 31 heavy (non-hydrogen) atoms. The first-order valence-corrected chi connectivity index (χ1v) is 11.9. The number of hydrogen-bond donors (Lipinski definition) is 0. The zero-order valence-electron chi connectivity index (χ0n) is 19.0. The number of hydrogen-bond acceptors (Lipinski definition) is 4. The van der Waals surface area contributed by atoms with E-state index in [2.05, 4.69) is 43.0 Å². The third-order valence-corrected chi connectivity index (χ3v) is 6.74. The molecule has 2 aromatic rings. The molecule has 0 bridgehead atoms. The Morgan fingerprint density at radius 3 is 2.23 bits per heavy atom. The molecule has 2 aromatic carbocycles. The summed E-state index contributed by atoms with van der Waals surface area (Å²) in [6, 6.07) is 16.5. The van der Waals surface area contributed by atoms with E-state index >= 15 is 0 Å². The first-order valence-electron chi connectivity index (χ1n) is 10.9. The van der Waals surface area contributed by atoms with E-state index in [1.807, 2.05) is 29.2 Å². The van der Waals surface area contributed by atoms with E-state index in [1.54, 1.807) is 19.0 Å². The van der Waals surface area contributed by atoms with Crippen LogP contribution >= 0.6 is 11.8 Å². The minimum atomic E-state index is 0.0438. The maximum absolute atomic E-state index is 13.2. The molecule has 0 spiro atoms. The van der Waals surface area contributed by atoms with Gasteiger partial charge in [0.25, 0.3) is 5.91 Å². The average molecular weight is 440 g/mol. The second kappa shape index (κ2) is 10.8. The fraction of sp³-hybridized carbons (Fsp3) is 0.440. The van der Waals surface area contributed by atoms with Crippen LogP contribution in [0.2, 0.25) is 0 Å². The number of thioether (sulfide) groups is 1. The SMILES string of the molecule is CC(C)c1ccc(CN2CCN(C(=O)c3ccccc3SCC(=O)N(C)C)CC2)cc1. The molecule has 1 heterocycles. The lowest BCUT2D eigenvalue weighted by Gasteiger charge is -2.35. The van der Waals surface area contributed by atoms with Crippen LogP contribution < -0.4 is 0 Å². The highest BCUT2D eigenvalue weighted by Crippen LogP contribution is 2.25.